The highest BCUT2D eigenvalue weighted by Crippen LogP contribution is 2.52. The van der Waals surface area contributed by atoms with Crippen LogP contribution in [-0.2, 0) is 5.66 Å². The van der Waals surface area contributed by atoms with Gasteiger partial charge in [-0.1, -0.05) is 6.07 Å². The summed E-state index contributed by atoms with van der Waals surface area (Å²) in [6.07, 6.45) is -4.65. The molecule has 0 unspecified atom stereocenters. The molecule has 0 radical (unpaired) electrons. The third kappa shape index (κ3) is 1.69. The van der Waals surface area contributed by atoms with Crippen molar-refractivity contribution >= 4 is 5.97 Å². The number of methoxy groups -OCH3 is 1. The van der Waals surface area contributed by atoms with Crippen LogP contribution in [0.15, 0.2) is 28.4 Å². The van der Waals surface area contributed by atoms with Crippen LogP contribution in [0, 0.1) is 0 Å². The van der Waals surface area contributed by atoms with Gasteiger partial charge in [0.15, 0.2) is 0 Å². The minimum absolute atomic E-state index is 0.166. The van der Waals surface area contributed by atoms with Crippen molar-refractivity contribution in [3.05, 3.63) is 29.3 Å². The van der Waals surface area contributed by atoms with Crippen molar-refractivity contribution in [2.75, 3.05) is 7.11 Å². The Morgan fingerprint density at radius 3 is 2.39 bits per heavy atom. The maximum Gasteiger partial charge on any atom is 0.442 e. The summed E-state index contributed by atoms with van der Waals surface area (Å²) in [7, 11) is 1.17. The molecule has 18 heavy (non-hydrogen) atoms. The lowest BCUT2D eigenvalue weighted by Gasteiger charge is -2.16. The molecule has 1 heterocycles. The Balaban J connectivity index is 2.46. The maximum absolute atomic E-state index is 12.7. The zero-order valence-corrected chi connectivity index (χ0v) is 9.02. The zero-order chi connectivity index (χ0) is 13.6. The Hall–Kier alpha value is -2.12. The van der Waals surface area contributed by atoms with E-state index in [1.54, 1.807) is 0 Å². The first-order valence-corrected chi connectivity index (χ1v) is 4.74. The first-order valence-electron chi connectivity index (χ1n) is 4.74. The number of carboxylic acid groups (broad SMARTS) is 1. The molecule has 5 nitrogen and oxygen atoms in total. The van der Waals surface area contributed by atoms with Crippen LogP contribution in [0.25, 0.3) is 0 Å². The number of rotatable bonds is 3. The van der Waals surface area contributed by atoms with Gasteiger partial charge in [-0.25, -0.2) is 4.79 Å². The van der Waals surface area contributed by atoms with Gasteiger partial charge >= 0.3 is 17.8 Å². The molecule has 1 aromatic carbocycles. The summed E-state index contributed by atoms with van der Waals surface area (Å²) in [6, 6.07) is 3.05. The van der Waals surface area contributed by atoms with E-state index in [0.717, 1.165) is 18.2 Å². The van der Waals surface area contributed by atoms with Gasteiger partial charge in [-0.3, -0.25) is 0 Å². The first-order chi connectivity index (χ1) is 8.32. The van der Waals surface area contributed by atoms with Crippen LogP contribution >= 0.6 is 0 Å². The Morgan fingerprint density at radius 1 is 1.39 bits per heavy atom. The summed E-state index contributed by atoms with van der Waals surface area (Å²) >= 11 is 0. The largest absolute Gasteiger partial charge is 0.496 e. The van der Waals surface area contributed by atoms with Gasteiger partial charge in [0.05, 0.1) is 7.11 Å². The van der Waals surface area contributed by atoms with Crippen molar-refractivity contribution in [2.24, 2.45) is 10.2 Å². The second kappa shape index (κ2) is 3.69. The number of ether oxygens (including phenoxy) is 1. The van der Waals surface area contributed by atoms with Crippen molar-refractivity contribution in [3.8, 4) is 5.75 Å². The number of carboxylic acids is 1. The number of benzene rings is 1. The van der Waals surface area contributed by atoms with E-state index in [4.69, 9.17) is 9.84 Å². The van der Waals surface area contributed by atoms with Gasteiger partial charge in [-0.05, 0) is 12.1 Å². The third-order valence-corrected chi connectivity index (χ3v) is 2.53. The minimum atomic E-state index is -4.65. The molecular weight excluding hydrogens is 254 g/mol. The Morgan fingerprint density at radius 2 is 2.00 bits per heavy atom. The molecule has 0 bridgehead atoms. The quantitative estimate of drug-likeness (QED) is 0.850. The fraction of sp³-hybridized carbons (Fsp3) is 0.300. The normalized spacial score (nSPS) is 16.4. The monoisotopic (exact) mass is 261 g/mol. The summed E-state index contributed by atoms with van der Waals surface area (Å²) < 4.78 is 42.9. The number of hydrogen-bond donors (Lipinski definition) is 1. The van der Waals surface area contributed by atoms with E-state index in [1.807, 2.05) is 0 Å². The molecule has 2 rings (SSSR count). The van der Waals surface area contributed by atoms with Gasteiger partial charge in [0.25, 0.3) is 0 Å². The van der Waals surface area contributed by atoms with Crippen LogP contribution in [-0.4, -0.2) is 24.4 Å². The average Bonchev–Trinajstić information content (AvgIpc) is 3.08. The zero-order valence-electron chi connectivity index (χ0n) is 9.02. The molecule has 0 aliphatic carbocycles. The fourth-order valence-corrected chi connectivity index (χ4v) is 1.53. The van der Waals surface area contributed by atoms with Crippen LogP contribution in [0.1, 0.15) is 15.9 Å². The molecule has 8 heteroatoms. The summed E-state index contributed by atoms with van der Waals surface area (Å²) in [5.74, 6) is -1.45. The number of aromatic carboxylic acids is 1. The van der Waals surface area contributed by atoms with Gasteiger partial charge < -0.3 is 9.84 Å². The molecular formula is C10H7F3N2O3. The summed E-state index contributed by atoms with van der Waals surface area (Å²) in [5.41, 5.74) is -3.06. The lowest BCUT2D eigenvalue weighted by atomic mass is 10.0. The second-order valence-corrected chi connectivity index (χ2v) is 3.59. The van der Waals surface area contributed by atoms with E-state index in [1.165, 1.54) is 7.11 Å². The highest BCUT2D eigenvalue weighted by Gasteiger charge is 2.65. The number of alkyl halides is 3. The smallest absolute Gasteiger partial charge is 0.442 e. The number of hydrogen-bond acceptors (Lipinski definition) is 4. The van der Waals surface area contributed by atoms with Gasteiger partial charge in [0.1, 0.15) is 11.3 Å². The Labute approximate surface area is 98.9 Å². The average molecular weight is 261 g/mol. The molecule has 0 saturated heterocycles. The summed E-state index contributed by atoms with van der Waals surface area (Å²) in [5, 5.41) is 14.9. The molecule has 96 valence electrons. The van der Waals surface area contributed by atoms with Crippen LogP contribution in [0.4, 0.5) is 13.2 Å². The maximum atomic E-state index is 12.7. The van der Waals surface area contributed by atoms with E-state index >= 15 is 0 Å². The molecule has 1 aliphatic heterocycles. The Kier molecular flexibility index (Phi) is 2.53. The van der Waals surface area contributed by atoms with E-state index in [2.05, 4.69) is 10.2 Å². The van der Waals surface area contributed by atoms with Crippen LogP contribution in [0.2, 0.25) is 0 Å². The number of halogens is 3. The van der Waals surface area contributed by atoms with Gasteiger partial charge in [-0.15, -0.1) is 10.2 Å². The highest BCUT2D eigenvalue weighted by molar-refractivity contribution is 5.91. The highest BCUT2D eigenvalue weighted by atomic mass is 19.4. The molecule has 0 spiro atoms. The van der Waals surface area contributed by atoms with E-state index in [-0.39, 0.29) is 16.9 Å². The van der Waals surface area contributed by atoms with Crippen molar-refractivity contribution in [2.45, 2.75) is 11.8 Å². The van der Waals surface area contributed by atoms with Crippen molar-refractivity contribution in [1.82, 2.24) is 0 Å². The standard InChI is InChI=1S/C10H7F3N2O3/c1-18-7-4-5(2-3-6(7)8(16)17)9(14-15-9)10(11,12)13/h2-4H,1H3,(H,16,17)/i8+1. The van der Waals surface area contributed by atoms with Crippen molar-refractivity contribution in [1.29, 1.82) is 0 Å². The predicted molar refractivity (Wildman–Crippen MR) is 52.5 cm³/mol. The molecule has 1 aliphatic rings. The van der Waals surface area contributed by atoms with Gasteiger partial charge in [0.2, 0.25) is 0 Å². The van der Waals surface area contributed by atoms with Crippen molar-refractivity contribution < 1.29 is 27.8 Å². The number of carbonyl (C=O) groups is 1. The molecule has 0 aromatic heterocycles. The van der Waals surface area contributed by atoms with E-state index < -0.39 is 17.8 Å². The third-order valence-electron chi connectivity index (χ3n) is 2.53. The number of nitrogens with zero attached hydrogens (tertiary/aromatic N) is 2. The van der Waals surface area contributed by atoms with Crippen molar-refractivity contribution in [3.63, 3.8) is 0 Å². The van der Waals surface area contributed by atoms with Gasteiger partial charge in [0, 0.05) is 5.56 Å². The van der Waals surface area contributed by atoms with E-state index in [0.29, 0.717) is 0 Å². The van der Waals surface area contributed by atoms with Crippen LogP contribution in [0.3, 0.4) is 0 Å². The summed E-state index contributed by atoms with van der Waals surface area (Å²) in [4.78, 5) is 10.8. The Bertz CT molecular complexity index is 534. The lowest BCUT2D eigenvalue weighted by Crippen LogP contribution is -2.30. The molecule has 1 N–H and O–H groups in total. The molecule has 0 saturated carbocycles. The SMILES string of the molecule is COc1cc(C2(C(F)(F)F)N=N2)ccc1[13C](=O)O. The lowest BCUT2D eigenvalue weighted by molar-refractivity contribution is -0.166. The molecule has 0 amide bonds. The first kappa shape index (κ1) is 12.3. The minimum Gasteiger partial charge on any atom is -0.496 e. The second-order valence-electron chi connectivity index (χ2n) is 3.59. The topological polar surface area (TPSA) is 71.2 Å². The predicted octanol–water partition coefficient (Wildman–Crippen LogP) is 2.57. The molecule has 1 aromatic rings. The summed E-state index contributed by atoms with van der Waals surface area (Å²) in [6.45, 7) is 0. The fourth-order valence-electron chi connectivity index (χ4n) is 1.53. The van der Waals surface area contributed by atoms with Gasteiger partial charge in [-0.2, -0.15) is 13.2 Å². The van der Waals surface area contributed by atoms with Crippen LogP contribution in [0.5, 0.6) is 5.75 Å². The molecule has 0 atom stereocenters. The van der Waals surface area contributed by atoms with Crippen LogP contribution < -0.4 is 4.74 Å². The molecule has 0 fully saturated rings. The van der Waals surface area contributed by atoms with E-state index in [9.17, 15) is 18.0 Å².